The monoisotopic (exact) mass is 369 g/mol. The number of ether oxygens (including phenoxy) is 1. The van der Waals surface area contributed by atoms with Gasteiger partial charge in [-0.15, -0.1) is 0 Å². The number of carbonyl (C=O) groups excluding carboxylic acids is 2. The summed E-state index contributed by atoms with van der Waals surface area (Å²) >= 11 is 0. The van der Waals surface area contributed by atoms with Crippen LogP contribution in [0.4, 0.5) is 0 Å². The van der Waals surface area contributed by atoms with E-state index in [9.17, 15) is 14.7 Å². The summed E-state index contributed by atoms with van der Waals surface area (Å²) in [4.78, 5) is 25.5. The molecule has 1 fully saturated rings. The molecule has 1 aliphatic heterocycles. The molecule has 5 nitrogen and oxygen atoms in total. The number of hydrogen-bond acceptors (Lipinski definition) is 4. The van der Waals surface area contributed by atoms with Crippen molar-refractivity contribution in [1.29, 1.82) is 0 Å². The molecule has 0 aliphatic carbocycles. The van der Waals surface area contributed by atoms with E-state index < -0.39 is 0 Å². The van der Waals surface area contributed by atoms with E-state index in [1.165, 1.54) is 20.0 Å². The van der Waals surface area contributed by atoms with Crippen molar-refractivity contribution in [2.75, 3.05) is 13.7 Å². The lowest BCUT2D eigenvalue weighted by molar-refractivity contribution is -0.140. The fourth-order valence-corrected chi connectivity index (χ4v) is 3.77. The largest absolute Gasteiger partial charge is 0.469 e. The maximum Gasteiger partial charge on any atom is 0.305 e. The molecule has 0 saturated carbocycles. The molecule has 0 spiro atoms. The number of amides is 1. The van der Waals surface area contributed by atoms with Gasteiger partial charge in [0.25, 0.3) is 0 Å². The highest BCUT2D eigenvalue weighted by molar-refractivity contribution is 5.77. The van der Waals surface area contributed by atoms with Gasteiger partial charge >= 0.3 is 5.97 Å². The summed E-state index contributed by atoms with van der Waals surface area (Å²) in [7, 11) is 1.42. The second kappa shape index (κ2) is 14.0. The van der Waals surface area contributed by atoms with E-state index in [4.69, 9.17) is 0 Å². The normalized spacial score (nSPS) is 18.8. The van der Waals surface area contributed by atoms with Crippen molar-refractivity contribution in [2.24, 2.45) is 0 Å². The zero-order valence-corrected chi connectivity index (χ0v) is 16.9. The average Bonchev–Trinajstić information content (AvgIpc) is 2.64. The Morgan fingerprint density at radius 2 is 1.96 bits per heavy atom. The Bertz CT molecular complexity index is 399. The van der Waals surface area contributed by atoms with E-state index in [1.54, 1.807) is 0 Å². The summed E-state index contributed by atoms with van der Waals surface area (Å²) < 4.78 is 4.64. The van der Waals surface area contributed by atoms with Crippen molar-refractivity contribution in [1.82, 2.24) is 4.90 Å². The average molecular weight is 370 g/mol. The van der Waals surface area contributed by atoms with E-state index >= 15 is 0 Å². The van der Waals surface area contributed by atoms with Gasteiger partial charge in [-0.2, -0.15) is 0 Å². The molecule has 0 bridgehead atoms. The molecular weight excluding hydrogens is 330 g/mol. The molecule has 1 N–H and O–H groups in total. The Kier molecular flexibility index (Phi) is 12.4. The minimum absolute atomic E-state index is 0.145. The van der Waals surface area contributed by atoms with Gasteiger partial charge in [-0.3, -0.25) is 9.59 Å². The maximum atomic E-state index is 12.3. The summed E-state index contributed by atoms with van der Waals surface area (Å²) in [5.74, 6) is 0.130. The molecule has 1 amide bonds. The molecule has 152 valence electrons. The third-order valence-corrected chi connectivity index (χ3v) is 5.42. The molecule has 0 aromatic carbocycles. The van der Waals surface area contributed by atoms with Gasteiger partial charge < -0.3 is 14.7 Å². The Morgan fingerprint density at radius 3 is 2.69 bits per heavy atom. The Balaban J connectivity index is 2.26. The number of esters is 1. The van der Waals surface area contributed by atoms with Crippen LogP contribution in [-0.2, 0) is 14.3 Å². The summed E-state index contributed by atoms with van der Waals surface area (Å²) in [5, 5.41) is 10.2. The van der Waals surface area contributed by atoms with E-state index in [0.29, 0.717) is 18.9 Å². The highest BCUT2D eigenvalue weighted by atomic mass is 16.5. The molecule has 1 rings (SSSR count). The smallest absolute Gasteiger partial charge is 0.305 e. The molecule has 2 atom stereocenters. The zero-order valence-electron chi connectivity index (χ0n) is 16.9. The van der Waals surface area contributed by atoms with Gasteiger partial charge in [0.05, 0.1) is 13.2 Å². The molecule has 5 heteroatoms. The van der Waals surface area contributed by atoms with Crippen LogP contribution in [0.1, 0.15) is 96.8 Å². The highest BCUT2D eigenvalue weighted by Gasteiger charge is 2.27. The van der Waals surface area contributed by atoms with E-state index in [1.807, 2.05) is 0 Å². The zero-order chi connectivity index (χ0) is 19.2. The first-order valence-electron chi connectivity index (χ1n) is 10.6. The summed E-state index contributed by atoms with van der Waals surface area (Å²) in [6, 6.07) is 0.298. The lowest BCUT2D eigenvalue weighted by atomic mass is 9.94. The van der Waals surface area contributed by atoms with Gasteiger partial charge in [0.15, 0.2) is 0 Å². The number of aliphatic hydroxyl groups excluding tert-OH is 1. The van der Waals surface area contributed by atoms with Crippen LogP contribution in [0.2, 0.25) is 0 Å². The molecule has 1 heterocycles. The first-order chi connectivity index (χ1) is 12.6. The number of nitrogens with zero attached hydrogens (tertiary/aromatic N) is 1. The van der Waals surface area contributed by atoms with Crippen molar-refractivity contribution in [3.05, 3.63) is 0 Å². The lowest BCUT2D eigenvalue weighted by Gasteiger charge is -2.36. The van der Waals surface area contributed by atoms with Crippen LogP contribution >= 0.6 is 0 Å². The standard InChI is InChI=1S/C21H39NO4/c1-3-4-7-12-19(23)16-15-18-11-10-13-20(24)22(18)17-9-6-5-8-14-21(25)26-2/h18-19,23H,3-17H2,1-2H3. The van der Waals surface area contributed by atoms with Gasteiger partial charge in [0.1, 0.15) is 0 Å². The van der Waals surface area contributed by atoms with Crippen LogP contribution in [0.5, 0.6) is 0 Å². The van der Waals surface area contributed by atoms with E-state index in [2.05, 4.69) is 16.6 Å². The fraction of sp³-hybridized carbons (Fsp3) is 0.905. The van der Waals surface area contributed by atoms with Crippen LogP contribution in [-0.4, -0.2) is 47.7 Å². The van der Waals surface area contributed by atoms with E-state index in [-0.39, 0.29) is 18.0 Å². The first-order valence-corrected chi connectivity index (χ1v) is 10.6. The topological polar surface area (TPSA) is 66.8 Å². The SMILES string of the molecule is CCCCCC(O)CCC1CCCC(=O)N1CCCCCCC(=O)OC. The Hall–Kier alpha value is -1.10. The molecule has 1 aliphatic rings. The third-order valence-electron chi connectivity index (χ3n) is 5.42. The van der Waals surface area contributed by atoms with Crippen molar-refractivity contribution in [3.8, 4) is 0 Å². The number of piperidine rings is 1. The number of methoxy groups -OCH3 is 1. The predicted molar refractivity (Wildman–Crippen MR) is 104 cm³/mol. The molecule has 0 aromatic rings. The number of carbonyl (C=O) groups is 2. The third kappa shape index (κ3) is 9.56. The summed E-state index contributed by atoms with van der Waals surface area (Å²) in [6.45, 7) is 2.99. The van der Waals surface area contributed by atoms with Crippen molar-refractivity contribution in [3.63, 3.8) is 0 Å². The summed E-state index contributed by atoms with van der Waals surface area (Å²) in [6.07, 6.45) is 12.9. The molecule has 2 unspecified atom stereocenters. The van der Waals surface area contributed by atoms with Crippen LogP contribution in [0.3, 0.4) is 0 Å². The van der Waals surface area contributed by atoms with Gasteiger partial charge in [0, 0.05) is 25.4 Å². The van der Waals surface area contributed by atoms with Gasteiger partial charge in [-0.25, -0.2) is 0 Å². The quantitative estimate of drug-likeness (QED) is 0.368. The molecular formula is C21H39NO4. The molecule has 0 aromatic heterocycles. The predicted octanol–water partition coefficient (Wildman–Crippen LogP) is 4.21. The second-order valence-corrected chi connectivity index (χ2v) is 7.60. The van der Waals surface area contributed by atoms with Crippen LogP contribution in [0.25, 0.3) is 0 Å². The number of hydrogen-bond donors (Lipinski definition) is 1. The number of unbranched alkanes of at least 4 members (excludes halogenated alkanes) is 5. The van der Waals surface area contributed by atoms with Crippen LogP contribution in [0, 0.1) is 0 Å². The van der Waals surface area contributed by atoms with Gasteiger partial charge in [0.2, 0.25) is 5.91 Å². The fourth-order valence-electron chi connectivity index (χ4n) is 3.77. The second-order valence-electron chi connectivity index (χ2n) is 7.60. The van der Waals surface area contributed by atoms with Crippen molar-refractivity contribution >= 4 is 11.9 Å². The van der Waals surface area contributed by atoms with Crippen LogP contribution < -0.4 is 0 Å². The molecule has 26 heavy (non-hydrogen) atoms. The minimum atomic E-state index is -0.223. The Labute approximate surface area is 159 Å². The lowest BCUT2D eigenvalue weighted by Crippen LogP contribution is -2.44. The maximum absolute atomic E-state index is 12.3. The Morgan fingerprint density at radius 1 is 1.19 bits per heavy atom. The number of rotatable bonds is 14. The van der Waals surface area contributed by atoms with E-state index in [0.717, 1.165) is 70.8 Å². The van der Waals surface area contributed by atoms with Gasteiger partial charge in [-0.1, -0.05) is 39.0 Å². The number of aliphatic hydroxyl groups is 1. The summed E-state index contributed by atoms with van der Waals surface area (Å²) in [5.41, 5.74) is 0. The highest BCUT2D eigenvalue weighted by Crippen LogP contribution is 2.24. The van der Waals surface area contributed by atoms with Crippen LogP contribution in [0.15, 0.2) is 0 Å². The molecule has 0 radical (unpaired) electrons. The van der Waals surface area contributed by atoms with Crippen molar-refractivity contribution in [2.45, 2.75) is 109 Å². The van der Waals surface area contributed by atoms with Crippen molar-refractivity contribution < 1.29 is 19.4 Å². The van der Waals surface area contributed by atoms with Gasteiger partial charge in [-0.05, 0) is 44.9 Å². The minimum Gasteiger partial charge on any atom is -0.469 e. The first kappa shape index (κ1) is 22.9. The molecule has 1 saturated heterocycles. The number of likely N-dealkylation sites (tertiary alicyclic amines) is 1.